The summed E-state index contributed by atoms with van der Waals surface area (Å²) < 4.78 is 0. The van der Waals surface area contributed by atoms with Gasteiger partial charge >= 0.3 is 0 Å². The summed E-state index contributed by atoms with van der Waals surface area (Å²) >= 11 is 6.00. The summed E-state index contributed by atoms with van der Waals surface area (Å²) in [6.45, 7) is 0. The zero-order chi connectivity index (χ0) is 11.7. The summed E-state index contributed by atoms with van der Waals surface area (Å²) in [5, 5.41) is 0. The van der Waals surface area contributed by atoms with Crippen molar-refractivity contribution in [2.45, 2.75) is 6.42 Å². The van der Waals surface area contributed by atoms with Gasteiger partial charge < -0.3 is 0 Å². The Bertz CT molecular complexity index is 590. The monoisotopic (exact) mass is 242 g/mol. The number of aliphatic imine (C=N–C) groups is 1. The van der Waals surface area contributed by atoms with E-state index in [1.807, 2.05) is 30.5 Å². The first-order valence-electron chi connectivity index (χ1n) is 5.54. The molecule has 84 valence electrons. The molecule has 0 fully saturated rings. The fourth-order valence-corrected chi connectivity index (χ4v) is 2.32. The first-order chi connectivity index (χ1) is 8.38. The van der Waals surface area contributed by atoms with Crippen molar-refractivity contribution in [1.29, 1.82) is 0 Å². The Morgan fingerprint density at radius 2 is 2.00 bits per heavy atom. The zero-order valence-corrected chi connectivity index (χ0v) is 9.98. The number of hydrogen-bond donors (Lipinski definition) is 0. The highest BCUT2D eigenvalue weighted by Crippen LogP contribution is 2.27. The molecule has 0 saturated carbocycles. The van der Waals surface area contributed by atoms with E-state index >= 15 is 0 Å². The predicted molar refractivity (Wildman–Crippen MR) is 70.4 cm³/mol. The Morgan fingerprint density at radius 1 is 1.12 bits per heavy atom. The number of rotatable bonds is 1. The molecule has 0 amide bonds. The topological polar surface area (TPSA) is 25.2 Å². The van der Waals surface area contributed by atoms with Gasteiger partial charge in [-0.05, 0) is 17.7 Å². The Hall–Kier alpha value is -1.67. The van der Waals surface area contributed by atoms with Gasteiger partial charge in [0.2, 0.25) is 0 Å². The predicted octanol–water partition coefficient (Wildman–Crippen LogP) is 3.35. The second-order valence-corrected chi connectivity index (χ2v) is 4.26. The highest BCUT2D eigenvalue weighted by atomic mass is 35.5. The van der Waals surface area contributed by atoms with Crippen LogP contribution in [0.4, 0.5) is 5.69 Å². The van der Waals surface area contributed by atoms with E-state index < -0.39 is 0 Å². The minimum atomic E-state index is 0.422. The maximum Gasteiger partial charge on any atom is 0.0852 e. The molecule has 0 bridgehead atoms. The van der Waals surface area contributed by atoms with Crippen LogP contribution in [0.1, 0.15) is 16.8 Å². The molecule has 0 atom stereocenters. The molecule has 0 aliphatic carbocycles. The summed E-state index contributed by atoms with van der Waals surface area (Å²) in [4.78, 5) is 9.02. The van der Waals surface area contributed by atoms with Crippen molar-refractivity contribution < 1.29 is 0 Å². The molecule has 0 N–H and O–H groups in total. The van der Waals surface area contributed by atoms with Crippen LogP contribution in [0.2, 0.25) is 0 Å². The number of alkyl halides is 1. The van der Waals surface area contributed by atoms with E-state index in [1.54, 1.807) is 0 Å². The quantitative estimate of drug-likeness (QED) is 0.704. The molecule has 2 aromatic rings. The van der Waals surface area contributed by atoms with E-state index in [4.69, 9.17) is 11.6 Å². The standard InChI is InChI=1S/C14H11ClN2/c15-9-14-11-5-2-1-4-10(11)8-13-12(17-14)6-3-7-16-13/h1-7H,8-9H2. The van der Waals surface area contributed by atoms with Crippen LogP contribution in [0, 0.1) is 0 Å². The van der Waals surface area contributed by atoms with Crippen LogP contribution in [-0.4, -0.2) is 16.6 Å². The van der Waals surface area contributed by atoms with E-state index in [0.29, 0.717) is 5.88 Å². The lowest BCUT2D eigenvalue weighted by molar-refractivity contribution is 1.08. The van der Waals surface area contributed by atoms with Crippen molar-refractivity contribution in [2.24, 2.45) is 4.99 Å². The summed E-state index contributed by atoms with van der Waals surface area (Å²) in [6, 6.07) is 12.1. The van der Waals surface area contributed by atoms with Crippen LogP contribution in [-0.2, 0) is 6.42 Å². The van der Waals surface area contributed by atoms with E-state index in [0.717, 1.165) is 29.1 Å². The normalized spacial score (nSPS) is 13.4. The first-order valence-corrected chi connectivity index (χ1v) is 6.07. The average Bonchev–Trinajstić information content (AvgIpc) is 2.54. The lowest BCUT2D eigenvalue weighted by Gasteiger charge is -2.05. The molecule has 1 aromatic carbocycles. The second-order valence-electron chi connectivity index (χ2n) is 4.00. The van der Waals surface area contributed by atoms with Gasteiger partial charge in [0.05, 0.1) is 23.0 Å². The van der Waals surface area contributed by atoms with Gasteiger partial charge in [0.15, 0.2) is 0 Å². The first kappa shape index (κ1) is 10.5. The van der Waals surface area contributed by atoms with Gasteiger partial charge in [0.1, 0.15) is 0 Å². The van der Waals surface area contributed by atoms with E-state index in [1.165, 1.54) is 5.56 Å². The number of pyridine rings is 1. The van der Waals surface area contributed by atoms with Gasteiger partial charge in [0, 0.05) is 18.2 Å². The van der Waals surface area contributed by atoms with Crippen molar-refractivity contribution in [3.05, 3.63) is 59.4 Å². The smallest absolute Gasteiger partial charge is 0.0852 e. The second kappa shape index (κ2) is 4.30. The van der Waals surface area contributed by atoms with Crippen molar-refractivity contribution in [2.75, 3.05) is 5.88 Å². The zero-order valence-electron chi connectivity index (χ0n) is 9.23. The lowest BCUT2D eigenvalue weighted by atomic mass is 10.0. The van der Waals surface area contributed by atoms with Gasteiger partial charge in [-0.2, -0.15) is 0 Å². The summed E-state index contributed by atoms with van der Waals surface area (Å²) in [5.74, 6) is 0.422. The summed E-state index contributed by atoms with van der Waals surface area (Å²) in [5.41, 5.74) is 5.25. The van der Waals surface area contributed by atoms with Crippen molar-refractivity contribution in [3.8, 4) is 0 Å². The molecule has 1 aliphatic heterocycles. The largest absolute Gasteiger partial charge is 0.259 e. The van der Waals surface area contributed by atoms with Gasteiger partial charge in [-0.25, -0.2) is 4.99 Å². The van der Waals surface area contributed by atoms with Crippen LogP contribution in [0.15, 0.2) is 47.6 Å². The van der Waals surface area contributed by atoms with Gasteiger partial charge in [-0.15, -0.1) is 11.6 Å². The number of halogens is 1. The third kappa shape index (κ3) is 1.85. The highest BCUT2D eigenvalue weighted by Gasteiger charge is 2.15. The molecule has 2 heterocycles. The van der Waals surface area contributed by atoms with Crippen molar-refractivity contribution in [1.82, 2.24) is 4.98 Å². The Morgan fingerprint density at radius 3 is 2.88 bits per heavy atom. The summed E-state index contributed by atoms with van der Waals surface area (Å²) in [6.07, 6.45) is 2.62. The molecule has 0 spiro atoms. The number of hydrogen-bond acceptors (Lipinski definition) is 2. The van der Waals surface area contributed by atoms with Crippen LogP contribution < -0.4 is 0 Å². The van der Waals surface area contributed by atoms with E-state index in [-0.39, 0.29) is 0 Å². The average molecular weight is 243 g/mol. The SMILES string of the molecule is ClCC1=Nc2cccnc2Cc2ccccc21. The van der Waals surface area contributed by atoms with Crippen LogP contribution in [0.25, 0.3) is 0 Å². The van der Waals surface area contributed by atoms with E-state index in [2.05, 4.69) is 22.1 Å². The molecule has 0 saturated heterocycles. The number of nitrogens with zero attached hydrogens (tertiary/aromatic N) is 2. The molecular formula is C14H11ClN2. The van der Waals surface area contributed by atoms with Crippen LogP contribution in [0.3, 0.4) is 0 Å². The number of fused-ring (bicyclic) bond motifs is 2. The molecule has 2 nitrogen and oxygen atoms in total. The van der Waals surface area contributed by atoms with Crippen LogP contribution >= 0.6 is 11.6 Å². The number of aromatic nitrogens is 1. The molecule has 17 heavy (non-hydrogen) atoms. The van der Waals surface area contributed by atoms with Gasteiger partial charge in [-0.3, -0.25) is 4.98 Å². The lowest BCUT2D eigenvalue weighted by Crippen LogP contribution is -2.04. The molecular weight excluding hydrogens is 232 g/mol. The molecule has 3 rings (SSSR count). The van der Waals surface area contributed by atoms with Crippen molar-refractivity contribution >= 4 is 23.0 Å². The Kier molecular flexibility index (Phi) is 2.65. The molecule has 3 heteroatoms. The highest BCUT2D eigenvalue weighted by molar-refractivity contribution is 6.32. The van der Waals surface area contributed by atoms with Crippen molar-refractivity contribution in [3.63, 3.8) is 0 Å². The Labute approximate surface area is 105 Å². The third-order valence-corrected chi connectivity index (χ3v) is 3.19. The maximum atomic E-state index is 6.00. The number of benzene rings is 1. The minimum Gasteiger partial charge on any atom is -0.259 e. The third-order valence-electron chi connectivity index (χ3n) is 2.93. The maximum absolute atomic E-state index is 6.00. The molecule has 1 aliphatic rings. The Balaban J connectivity index is 2.24. The van der Waals surface area contributed by atoms with Crippen LogP contribution in [0.5, 0.6) is 0 Å². The van der Waals surface area contributed by atoms with Gasteiger partial charge in [0.25, 0.3) is 0 Å². The minimum absolute atomic E-state index is 0.422. The van der Waals surface area contributed by atoms with Gasteiger partial charge in [-0.1, -0.05) is 24.3 Å². The summed E-state index contributed by atoms with van der Waals surface area (Å²) in [7, 11) is 0. The van der Waals surface area contributed by atoms with E-state index in [9.17, 15) is 0 Å². The fourth-order valence-electron chi connectivity index (χ4n) is 2.11. The molecule has 0 radical (unpaired) electrons. The fraction of sp³-hybridized carbons (Fsp3) is 0.143. The molecule has 1 aromatic heterocycles. The molecule has 0 unspecified atom stereocenters.